The van der Waals surface area contributed by atoms with Crippen LogP contribution in [0.4, 0.5) is 0 Å². The smallest absolute Gasteiger partial charge is 0.543 e. The van der Waals surface area contributed by atoms with Crippen LogP contribution in [0.1, 0.15) is 11.1 Å². The Balaban J connectivity index is 0.000000486. The van der Waals surface area contributed by atoms with E-state index in [1.807, 2.05) is 0 Å². The predicted molar refractivity (Wildman–Crippen MR) is 100 cm³/mol. The molecule has 2 aromatic carbocycles. The van der Waals surface area contributed by atoms with Crippen LogP contribution in [-0.2, 0) is 13.4 Å². The molecule has 0 N–H and O–H groups in total. The van der Waals surface area contributed by atoms with Crippen molar-refractivity contribution in [2.24, 2.45) is 0 Å². The molecule has 0 bridgehead atoms. The van der Waals surface area contributed by atoms with Gasteiger partial charge in [-0.3, -0.25) is 0 Å². The summed E-state index contributed by atoms with van der Waals surface area (Å²) in [5.41, 5.74) is 2.70. The molecular formula is C15H16Cl2O5P2Sn+2. The van der Waals surface area contributed by atoms with Crippen LogP contribution in [0.5, 0.6) is 0 Å². The van der Waals surface area contributed by atoms with Gasteiger partial charge in [-0.15, -0.1) is 23.2 Å². The fourth-order valence-electron chi connectivity index (χ4n) is 1.49. The van der Waals surface area contributed by atoms with Crippen molar-refractivity contribution in [1.29, 1.82) is 0 Å². The quantitative estimate of drug-likeness (QED) is 0.346. The Morgan fingerprint density at radius 2 is 1.12 bits per heavy atom. The Labute approximate surface area is 169 Å². The fraction of sp³-hybridized carbons (Fsp3) is 0.200. The minimum Gasteiger partial charge on any atom is -0.563 e. The molecule has 0 amide bonds. The molecule has 0 radical (unpaired) electrons. The summed E-state index contributed by atoms with van der Waals surface area (Å²) < 4.78 is 24.7. The number of benzene rings is 2. The van der Waals surface area contributed by atoms with E-state index in [0.717, 1.165) is 0 Å². The molecule has 0 aliphatic heterocycles. The summed E-state index contributed by atoms with van der Waals surface area (Å²) in [4.78, 5) is 18.5. The van der Waals surface area contributed by atoms with Gasteiger partial charge in [-0.1, -0.05) is 0 Å². The topological polar surface area (TPSA) is 89.5 Å². The molecule has 25 heavy (non-hydrogen) atoms. The Morgan fingerprint density at radius 3 is 1.32 bits per heavy atom. The molecule has 2 unspecified atom stereocenters. The van der Waals surface area contributed by atoms with Crippen LogP contribution < -0.4 is 16.9 Å². The van der Waals surface area contributed by atoms with Gasteiger partial charge >= 0.3 is 118 Å². The van der Waals surface area contributed by atoms with E-state index in [4.69, 9.17) is 23.2 Å². The van der Waals surface area contributed by atoms with E-state index in [1.54, 1.807) is 7.16 Å². The molecule has 0 fully saturated rings. The third-order valence-electron chi connectivity index (χ3n) is 2.53. The van der Waals surface area contributed by atoms with Gasteiger partial charge < -0.3 is 9.79 Å². The van der Waals surface area contributed by atoms with Gasteiger partial charge in [0.05, 0.1) is 5.34 Å². The number of halogens is 2. The third-order valence-corrected chi connectivity index (χ3v) is 7.14. The van der Waals surface area contributed by atoms with E-state index in [1.165, 1.54) is 11.1 Å². The van der Waals surface area contributed by atoms with Gasteiger partial charge in [0, 0.05) is 0 Å². The first-order chi connectivity index (χ1) is 11.8. The molecule has 132 valence electrons. The maximum Gasteiger partial charge on any atom is 0.543 e. The van der Waals surface area contributed by atoms with Gasteiger partial charge in [-0.2, -0.15) is 0 Å². The molecule has 2 aromatic rings. The zero-order chi connectivity index (χ0) is 19.2. The van der Waals surface area contributed by atoms with E-state index in [2.05, 4.69) is 66.7 Å². The molecule has 0 heterocycles. The minimum atomic E-state index is -3.24. The Morgan fingerprint density at radius 1 is 0.840 bits per heavy atom. The van der Waals surface area contributed by atoms with E-state index in [0.29, 0.717) is 0 Å². The van der Waals surface area contributed by atoms with Crippen molar-refractivity contribution in [3.05, 3.63) is 59.7 Å². The van der Waals surface area contributed by atoms with Gasteiger partial charge in [0.15, 0.2) is 0 Å². The minimum absolute atomic E-state index is 0.194. The Kier molecular flexibility index (Phi) is 14.9. The first-order valence-corrected chi connectivity index (χ1v) is 12.9. The fourth-order valence-corrected chi connectivity index (χ4v) is 4.78. The summed E-state index contributed by atoms with van der Waals surface area (Å²) >= 11 is 8.97. The predicted octanol–water partition coefficient (Wildman–Crippen LogP) is 2.42. The second-order valence-corrected chi connectivity index (χ2v) is 10.9. The number of hydrogen-bond donors (Lipinski definition) is 0. The van der Waals surface area contributed by atoms with E-state index >= 15 is 0 Å². The zero-order valence-electron chi connectivity index (χ0n) is 13.5. The Bertz CT molecular complexity index is 598. The largest absolute Gasteiger partial charge is 0.563 e. The SMILES string of the molecule is Cc1cc[c]([Sn+2][c]2ccc(C)cc2)cc1.ClCCl.O=[P+]([O-])O[P+](=O)[O-]. The van der Waals surface area contributed by atoms with Gasteiger partial charge in [-0.05, 0) is 9.13 Å². The summed E-state index contributed by atoms with van der Waals surface area (Å²) in [6.07, 6.45) is 0. The molecule has 5 nitrogen and oxygen atoms in total. The van der Waals surface area contributed by atoms with Crippen LogP contribution in [0.15, 0.2) is 48.5 Å². The number of aryl methyl sites for hydroxylation is 2. The number of alkyl halides is 2. The average Bonchev–Trinajstić information content (AvgIpc) is 2.52. The second-order valence-electron chi connectivity index (χ2n) is 4.49. The van der Waals surface area contributed by atoms with E-state index in [-0.39, 0.29) is 5.34 Å². The standard InChI is InChI=1S/2C7H7.CH2Cl2.O5P2.Sn/c2*1-7-5-3-2-4-6-7;2-1-3;1-6(2)5-7(3)4;/h2*3-6H,1H3;1H2;;/q;;;;+2. The second kappa shape index (κ2) is 15.0. The average molecular weight is 528 g/mol. The van der Waals surface area contributed by atoms with Crippen LogP contribution in [0.3, 0.4) is 0 Å². The molecule has 0 saturated heterocycles. The molecule has 0 aromatic heterocycles. The van der Waals surface area contributed by atoms with Crippen LogP contribution in [0.2, 0.25) is 0 Å². The molecule has 0 aliphatic carbocycles. The number of hydrogen-bond acceptors (Lipinski definition) is 5. The first-order valence-electron chi connectivity index (χ1n) is 6.77. The first kappa shape index (κ1) is 24.9. The monoisotopic (exact) mass is 528 g/mol. The van der Waals surface area contributed by atoms with Crippen molar-refractivity contribution in [3.8, 4) is 0 Å². The maximum absolute atomic E-state index is 9.24. The van der Waals surface area contributed by atoms with Gasteiger partial charge in [-0.25, -0.2) is 0 Å². The molecule has 0 aliphatic rings. The van der Waals surface area contributed by atoms with Crippen LogP contribution >= 0.6 is 39.7 Å². The molecule has 0 spiro atoms. The van der Waals surface area contributed by atoms with Crippen molar-refractivity contribution in [2.45, 2.75) is 13.8 Å². The van der Waals surface area contributed by atoms with Crippen molar-refractivity contribution in [1.82, 2.24) is 0 Å². The van der Waals surface area contributed by atoms with Crippen LogP contribution in [-0.4, -0.2) is 26.5 Å². The van der Waals surface area contributed by atoms with Crippen LogP contribution in [0.25, 0.3) is 0 Å². The Hall–Kier alpha value is -0.101. The summed E-state index contributed by atoms with van der Waals surface area (Å²) in [6.45, 7) is 4.28. The van der Waals surface area contributed by atoms with Gasteiger partial charge in [0.25, 0.3) is 0 Å². The third kappa shape index (κ3) is 14.7. The van der Waals surface area contributed by atoms with E-state index < -0.39 is 37.7 Å². The van der Waals surface area contributed by atoms with Gasteiger partial charge in [0.2, 0.25) is 0 Å². The summed E-state index contributed by atoms with van der Waals surface area (Å²) in [7, 11) is -6.47. The molecule has 0 saturated carbocycles. The molecule has 2 atom stereocenters. The summed E-state index contributed by atoms with van der Waals surface area (Å²) in [5.74, 6) is 0. The van der Waals surface area contributed by atoms with Crippen molar-refractivity contribution >= 4 is 68.0 Å². The van der Waals surface area contributed by atoms with Gasteiger partial charge in [0.1, 0.15) is 4.31 Å². The van der Waals surface area contributed by atoms with Crippen LogP contribution in [0, 0.1) is 13.8 Å². The van der Waals surface area contributed by atoms with Crippen molar-refractivity contribution in [2.75, 3.05) is 5.34 Å². The molecule has 2 rings (SSSR count). The number of rotatable bonds is 4. The maximum atomic E-state index is 9.24. The summed E-state index contributed by atoms with van der Waals surface area (Å²) in [6, 6.07) is 18.0. The van der Waals surface area contributed by atoms with Crippen molar-refractivity contribution in [3.63, 3.8) is 0 Å². The molecular weight excluding hydrogens is 512 g/mol. The molecule has 10 heteroatoms. The van der Waals surface area contributed by atoms with E-state index in [9.17, 15) is 18.9 Å². The zero-order valence-corrected chi connectivity index (χ0v) is 19.7. The van der Waals surface area contributed by atoms with Crippen molar-refractivity contribution < 1.29 is 23.2 Å². The summed E-state index contributed by atoms with van der Waals surface area (Å²) in [5, 5.41) is 0.194. The normalized spacial score (nSPS) is 10.3.